The number of likely N-dealkylation sites (tertiary alicyclic amines) is 1. The zero-order valence-electron chi connectivity index (χ0n) is 21.8. The molecule has 2 aromatic heterocycles. The van der Waals surface area contributed by atoms with Crippen molar-refractivity contribution in [3.05, 3.63) is 52.4 Å². The van der Waals surface area contributed by atoms with Gasteiger partial charge in [0.15, 0.2) is 11.6 Å². The van der Waals surface area contributed by atoms with Gasteiger partial charge in [-0.25, -0.2) is 4.39 Å². The van der Waals surface area contributed by atoms with Gasteiger partial charge in [0.2, 0.25) is 5.95 Å². The van der Waals surface area contributed by atoms with Crippen LogP contribution in [-0.2, 0) is 0 Å². The highest BCUT2D eigenvalue weighted by Crippen LogP contribution is 2.26. The molecule has 5 rings (SSSR count). The summed E-state index contributed by atoms with van der Waals surface area (Å²) < 4.78 is 14.4. The molecule has 4 heterocycles. The molecule has 2 saturated heterocycles. The van der Waals surface area contributed by atoms with Crippen LogP contribution in [0.25, 0.3) is 0 Å². The topological polar surface area (TPSA) is 114 Å². The zero-order valence-corrected chi connectivity index (χ0v) is 22.5. The van der Waals surface area contributed by atoms with Crippen LogP contribution < -0.4 is 20.9 Å². The highest BCUT2D eigenvalue weighted by atomic mass is 35.5. The SMILES string of the molecule is Cc1cc(Nc2cc(N3C[C@H](C)NC[C@H]3C)nc(NC3CCN(C(=O)c4cccc(Cl)c4F)CC3)n2)n[nH]1. The van der Waals surface area contributed by atoms with E-state index in [-0.39, 0.29) is 28.6 Å². The molecule has 10 nitrogen and oxygen atoms in total. The average molecular weight is 542 g/mol. The normalized spacial score (nSPS) is 20.4. The number of aromatic amines is 1. The number of nitrogens with one attached hydrogen (secondary N) is 4. The van der Waals surface area contributed by atoms with Gasteiger partial charge in [-0.15, -0.1) is 0 Å². The van der Waals surface area contributed by atoms with E-state index in [4.69, 9.17) is 21.6 Å². The molecule has 0 unspecified atom stereocenters. The Hall–Kier alpha value is -3.44. The van der Waals surface area contributed by atoms with E-state index in [1.54, 1.807) is 11.0 Å². The molecule has 2 aliphatic heterocycles. The lowest BCUT2D eigenvalue weighted by molar-refractivity contribution is 0.0713. The highest BCUT2D eigenvalue weighted by Gasteiger charge is 2.28. The first-order valence-corrected chi connectivity index (χ1v) is 13.3. The van der Waals surface area contributed by atoms with Gasteiger partial charge >= 0.3 is 0 Å². The summed E-state index contributed by atoms with van der Waals surface area (Å²) in [5, 5.41) is 17.4. The number of H-pyrrole nitrogens is 1. The Morgan fingerprint density at radius 2 is 1.95 bits per heavy atom. The summed E-state index contributed by atoms with van der Waals surface area (Å²) in [6.45, 7) is 8.97. The van der Waals surface area contributed by atoms with Crippen LogP contribution >= 0.6 is 11.6 Å². The van der Waals surface area contributed by atoms with Gasteiger partial charge in [0.25, 0.3) is 5.91 Å². The molecule has 0 saturated carbocycles. The molecule has 3 aromatic rings. The number of amides is 1. The Morgan fingerprint density at radius 3 is 2.68 bits per heavy atom. The number of anilines is 4. The maximum absolute atomic E-state index is 14.4. The van der Waals surface area contributed by atoms with Crippen molar-refractivity contribution < 1.29 is 9.18 Å². The van der Waals surface area contributed by atoms with Crippen LogP contribution in [0.2, 0.25) is 5.02 Å². The molecule has 0 aliphatic carbocycles. The van der Waals surface area contributed by atoms with Crippen molar-refractivity contribution in [3.8, 4) is 0 Å². The first kappa shape index (κ1) is 26.2. The van der Waals surface area contributed by atoms with Crippen LogP contribution in [0.5, 0.6) is 0 Å². The summed E-state index contributed by atoms with van der Waals surface area (Å²) in [5.74, 6) is 1.66. The van der Waals surface area contributed by atoms with Gasteiger partial charge in [-0.2, -0.15) is 15.1 Å². The number of hydrogen-bond donors (Lipinski definition) is 4. The fourth-order valence-corrected chi connectivity index (χ4v) is 5.09. The second kappa shape index (κ2) is 11.1. The molecular weight excluding hydrogens is 509 g/mol. The Labute approximate surface area is 226 Å². The van der Waals surface area contributed by atoms with Crippen molar-refractivity contribution in [2.75, 3.05) is 41.7 Å². The van der Waals surface area contributed by atoms with Crippen LogP contribution in [0.3, 0.4) is 0 Å². The molecule has 38 heavy (non-hydrogen) atoms. The van der Waals surface area contributed by atoms with Gasteiger partial charge in [-0.05, 0) is 45.7 Å². The Morgan fingerprint density at radius 1 is 1.16 bits per heavy atom. The minimum Gasteiger partial charge on any atom is -0.351 e. The number of aryl methyl sites for hydroxylation is 1. The lowest BCUT2D eigenvalue weighted by Gasteiger charge is -2.38. The van der Waals surface area contributed by atoms with Crippen molar-refractivity contribution in [3.63, 3.8) is 0 Å². The Kier molecular flexibility index (Phi) is 7.66. The number of piperidine rings is 1. The van der Waals surface area contributed by atoms with Crippen LogP contribution in [0.15, 0.2) is 30.3 Å². The van der Waals surface area contributed by atoms with Crippen LogP contribution in [-0.4, -0.2) is 75.3 Å². The Bertz CT molecular complexity index is 1290. The standard InChI is InChI=1S/C26H33ClFN9O/c1-15-11-22(35-34-15)31-21-12-23(37-14-16(2)29-13-17(37)3)33-26(32-21)30-18-7-9-36(10-8-18)25(38)19-5-4-6-20(27)24(19)28/h4-6,11-12,16-18,29H,7-10,13-14H2,1-3H3,(H3,30,31,32,33,34,35)/t16-,17+/m0/s1. The predicted octanol–water partition coefficient (Wildman–Crippen LogP) is 3.95. The molecule has 1 aromatic carbocycles. The van der Waals surface area contributed by atoms with E-state index in [0.29, 0.717) is 49.6 Å². The fourth-order valence-electron chi connectivity index (χ4n) is 4.91. The monoisotopic (exact) mass is 541 g/mol. The first-order chi connectivity index (χ1) is 18.3. The summed E-state index contributed by atoms with van der Waals surface area (Å²) in [5.41, 5.74) is 0.951. The summed E-state index contributed by atoms with van der Waals surface area (Å²) in [4.78, 5) is 26.4. The van der Waals surface area contributed by atoms with Crippen molar-refractivity contribution in [1.29, 1.82) is 0 Å². The van der Waals surface area contributed by atoms with Crippen molar-refractivity contribution >= 4 is 40.9 Å². The molecule has 202 valence electrons. The van der Waals surface area contributed by atoms with Gasteiger partial charge in [-0.1, -0.05) is 17.7 Å². The minimum absolute atomic E-state index is 0.00336. The smallest absolute Gasteiger partial charge is 0.256 e. The van der Waals surface area contributed by atoms with Crippen molar-refractivity contribution in [2.45, 2.75) is 51.7 Å². The molecule has 12 heteroatoms. The van der Waals surface area contributed by atoms with E-state index >= 15 is 0 Å². The number of carbonyl (C=O) groups excluding carboxylic acids is 1. The highest BCUT2D eigenvalue weighted by molar-refractivity contribution is 6.31. The molecule has 0 spiro atoms. The average Bonchev–Trinajstić information content (AvgIpc) is 3.31. The van der Waals surface area contributed by atoms with E-state index in [1.807, 2.05) is 19.1 Å². The quantitative estimate of drug-likeness (QED) is 0.371. The number of carbonyl (C=O) groups is 1. The molecule has 0 radical (unpaired) electrons. The van der Waals surface area contributed by atoms with Crippen LogP contribution in [0, 0.1) is 12.7 Å². The number of nitrogens with zero attached hydrogens (tertiary/aromatic N) is 5. The van der Waals surface area contributed by atoms with Gasteiger partial charge in [-0.3, -0.25) is 9.89 Å². The molecular formula is C26H33ClFN9O. The zero-order chi connectivity index (χ0) is 26.8. The first-order valence-electron chi connectivity index (χ1n) is 12.9. The van der Waals surface area contributed by atoms with E-state index in [9.17, 15) is 9.18 Å². The maximum Gasteiger partial charge on any atom is 0.256 e. The Balaban J connectivity index is 1.31. The number of rotatable bonds is 6. The lowest BCUT2D eigenvalue weighted by Crippen LogP contribution is -2.54. The second-order valence-electron chi connectivity index (χ2n) is 10.1. The second-order valence-corrected chi connectivity index (χ2v) is 10.5. The predicted molar refractivity (Wildman–Crippen MR) is 147 cm³/mol. The number of halogens is 2. The summed E-state index contributed by atoms with van der Waals surface area (Å²) in [6, 6.07) is 9.05. The van der Waals surface area contributed by atoms with E-state index < -0.39 is 5.82 Å². The molecule has 2 aliphatic rings. The van der Waals surface area contributed by atoms with Gasteiger partial charge in [0, 0.05) is 62.1 Å². The third-order valence-electron chi connectivity index (χ3n) is 7.03. The third-order valence-corrected chi connectivity index (χ3v) is 7.32. The van der Waals surface area contributed by atoms with E-state index in [2.05, 4.69) is 44.9 Å². The van der Waals surface area contributed by atoms with Gasteiger partial charge in [0.05, 0.1) is 10.6 Å². The van der Waals surface area contributed by atoms with Crippen molar-refractivity contribution in [2.24, 2.45) is 0 Å². The molecule has 0 bridgehead atoms. The third kappa shape index (κ3) is 5.83. The molecule has 4 N–H and O–H groups in total. The fraction of sp³-hybridized carbons (Fsp3) is 0.462. The lowest BCUT2D eigenvalue weighted by atomic mass is 10.0. The number of benzene rings is 1. The van der Waals surface area contributed by atoms with Crippen molar-refractivity contribution in [1.82, 2.24) is 30.4 Å². The maximum atomic E-state index is 14.4. The van der Waals surface area contributed by atoms with Gasteiger partial charge < -0.3 is 25.8 Å². The van der Waals surface area contributed by atoms with E-state index in [1.165, 1.54) is 12.1 Å². The largest absolute Gasteiger partial charge is 0.351 e. The molecule has 1 amide bonds. The summed E-state index contributed by atoms with van der Waals surface area (Å²) in [6.07, 6.45) is 1.37. The van der Waals surface area contributed by atoms with Crippen LogP contribution in [0.1, 0.15) is 42.7 Å². The molecule has 2 fully saturated rings. The number of hydrogen-bond acceptors (Lipinski definition) is 8. The van der Waals surface area contributed by atoms with Gasteiger partial charge in [0.1, 0.15) is 11.6 Å². The number of piperazine rings is 1. The molecule has 2 atom stereocenters. The van der Waals surface area contributed by atoms with E-state index in [0.717, 1.165) is 24.6 Å². The minimum atomic E-state index is -0.673. The summed E-state index contributed by atoms with van der Waals surface area (Å²) in [7, 11) is 0. The summed E-state index contributed by atoms with van der Waals surface area (Å²) >= 11 is 5.87. The number of aromatic nitrogens is 4. The van der Waals surface area contributed by atoms with Crippen LogP contribution in [0.4, 0.5) is 27.8 Å².